The third-order valence-electron chi connectivity index (χ3n) is 6.71. The highest BCUT2D eigenvalue weighted by atomic mass is 32.2. The summed E-state index contributed by atoms with van der Waals surface area (Å²) in [5.74, 6) is 1.74. The SMILES string of the molecule is CCOC(=O)Cc1ccc(OC)c(Oc2ccc(NS(=O)(=O)c3cccc4c(N(C)C)cccc34)cc2CSC(C)(C)C)c1. The lowest BCUT2D eigenvalue weighted by molar-refractivity contribution is -0.142. The van der Waals surface area contributed by atoms with Crippen molar-refractivity contribution in [3.63, 3.8) is 0 Å². The minimum atomic E-state index is -3.93. The van der Waals surface area contributed by atoms with Gasteiger partial charge in [-0.1, -0.05) is 51.1 Å². The highest BCUT2D eigenvalue weighted by Crippen LogP contribution is 2.39. The number of methoxy groups -OCH3 is 1. The molecule has 0 aliphatic rings. The summed E-state index contributed by atoms with van der Waals surface area (Å²) in [6, 6.07) is 21.5. The van der Waals surface area contributed by atoms with Gasteiger partial charge in [-0.3, -0.25) is 9.52 Å². The molecule has 0 atom stereocenters. The Kier molecular flexibility index (Phi) is 10.4. The van der Waals surface area contributed by atoms with E-state index in [4.69, 9.17) is 14.2 Å². The number of nitrogens with zero attached hydrogens (tertiary/aromatic N) is 1. The predicted octanol–water partition coefficient (Wildman–Crippen LogP) is 7.64. The molecule has 234 valence electrons. The predicted molar refractivity (Wildman–Crippen MR) is 180 cm³/mol. The smallest absolute Gasteiger partial charge is 0.310 e. The van der Waals surface area contributed by atoms with Gasteiger partial charge in [0.25, 0.3) is 10.0 Å². The quantitative estimate of drug-likeness (QED) is 0.159. The normalized spacial score (nSPS) is 11.7. The van der Waals surface area contributed by atoms with Crippen molar-refractivity contribution >= 4 is 49.9 Å². The summed E-state index contributed by atoms with van der Waals surface area (Å²) < 4.78 is 47.2. The molecule has 0 bridgehead atoms. The lowest BCUT2D eigenvalue weighted by Gasteiger charge is -2.21. The van der Waals surface area contributed by atoms with Gasteiger partial charge in [-0.05, 0) is 55.0 Å². The fraction of sp³-hybridized carbons (Fsp3) is 0.324. The zero-order valence-electron chi connectivity index (χ0n) is 26.3. The second kappa shape index (κ2) is 13.8. The van der Waals surface area contributed by atoms with E-state index in [1.165, 1.54) is 0 Å². The van der Waals surface area contributed by atoms with E-state index < -0.39 is 10.0 Å². The molecule has 0 aromatic heterocycles. The Bertz CT molecular complexity index is 1750. The van der Waals surface area contributed by atoms with Crippen LogP contribution in [0.25, 0.3) is 10.8 Å². The molecule has 8 nitrogen and oxygen atoms in total. The van der Waals surface area contributed by atoms with Crippen LogP contribution in [0.1, 0.15) is 38.8 Å². The lowest BCUT2D eigenvalue weighted by Crippen LogP contribution is -2.14. The van der Waals surface area contributed by atoms with E-state index in [0.29, 0.717) is 40.7 Å². The minimum Gasteiger partial charge on any atom is -0.493 e. The number of benzene rings is 4. The Morgan fingerprint density at radius 3 is 2.30 bits per heavy atom. The molecule has 0 saturated carbocycles. The first-order valence-corrected chi connectivity index (χ1v) is 16.8. The first-order valence-electron chi connectivity index (χ1n) is 14.3. The molecule has 4 aromatic rings. The van der Waals surface area contributed by atoms with Gasteiger partial charge in [-0.15, -0.1) is 0 Å². The zero-order valence-corrected chi connectivity index (χ0v) is 27.9. The zero-order chi connectivity index (χ0) is 32.1. The fourth-order valence-electron chi connectivity index (χ4n) is 4.66. The van der Waals surface area contributed by atoms with Gasteiger partial charge < -0.3 is 19.1 Å². The summed E-state index contributed by atoms with van der Waals surface area (Å²) in [6.07, 6.45) is 0.103. The van der Waals surface area contributed by atoms with E-state index in [1.807, 2.05) is 43.3 Å². The second-order valence-corrected chi connectivity index (χ2v) is 14.9. The number of hydrogen-bond acceptors (Lipinski definition) is 8. The van der Waals surface area contributed by atoms with E-state index in [9.17, 15) is 13.2 Å². The molecule has 0 fully saturated rings. The first kappa shape index (κ1) is 33.0. The Morgan fingerprint density at radius 1 is 0.909 bits per heavy atom. The summed E-state index contributed by atoms with van der Waals surface area (Å²) in [5, 5.41) is 1.50. The van der Waals surface area contributed by atoms with Crippen LogP contribution in [0.15, 0.2) is 77.7 Å². The maximum atomic E-state index is 13.7. The summed E-state index contributed by atoms with van der Waals surface area (Å²) in [6.45, 7) is 8.44. The van der Waals surface area contributed by atoms with Crippen LogP contribution in [0.5, 0.6) is 17.2 Å². The number of fused-ring (bicyclic) bond motifs is 1. The lowest BCUT2D eigenvalue weighted by atomic mass is 10.1. The maximum Gasteiger partial charge on any atom is 0.310 e. The van der Waals surface area contributed by atoms with Gasteiger partial charge in [-0.2, -0.15) is 11.8 Å². The van der Waals surface area contributed by atoms with Crippen LogP contribution in [-0.2, 0) is 31.7 Å². The van der Waals surface area contributed by atoms with Crippen molar-refractivity contribution in [3.8, 4) is 17.2 Å². The standard InChI is InChI=1S/C34H40N2O6S2/c1-8-41-33(37)20-23-15-17-30(40-7)31(19-23)42-29-18-16-25(21-24(29)22-43-34(2,3)4)35-44(38,39)32-14-10-11-26-27(32)12-9-13-28(26)36(5)6/h9-19,21,35H,8,20,22H2,1-7H3. The highest BCUT2D eigenvalue weighted by Gasteiger charge is 2.21. The van der Waals surface area contributed by atoms with Gasteiger partial charge in [0.15, 0.2) is 11.5 Å². The van der Waals surface area contributed by atoms with Gasteiger partial charge in [0, 0.05) is 52.3 Å². The van der Waals surface area contributed by atoms with Crippen molar-refractivity contribution in [1.82, 2.24) is 0 Å². The largest absolute Gasteiger partial charge is 0.493 e. The van der Waals surface area contributed by atoms with Crippen molar-refractivity contribution in [3.05, 3.63) is 83.9 Å². The van der Waals surface area contributed by atoms with Crippen LogP contribution in [0, 0.1) is 0 Å². The van der Waals surface area contributed by atoms with Crippen molar-refractivity contribution < 1.29 is 27.4 Å². The minimum absolute atomic E-state index is 0.0445. The van der Waals surface area contributed by atoms with Gasteiger partial charge in [0.2, 0.25) is 0 Å². The van der Waals surface area contributed by atoms with E-state index in [2.05, 4.69) is 25.5 Å². The molecule has 1 N–H and O–H groups in total. The van der Waals surface area contributed by atoms with Crippen molar-refractivity contribution in [1.29, 1.82) is 0 Å². The van der Waals surface area contributed by atoms with E-state index in [1.54, 1.807) is 74.3 Å². The van der Waals surface area contributed by atoms with Crippen LogP contribution in [-0.4, -0.2) is 46.9 Å². The summed E-state index contributed by atoms with van der Waals surface area (Å²) in [4.78, 5) is 14.3. The summed E-state index contributed by atoms with van der Waals surface area (Å²) in [7, 11) is 1.49. The van der Waals surface area contributed by atoms with E-state index >= 15 is 0 Å². The molecular formula is C34H40N2O6S2. The van der Waals surface area contributed by atoms with Gasteiger partial charge >= 0.3 is 5.97 Å². The van der Waals surface area contributed by atoms with Gasteiger partial charge in [0.05, 0.1) is 25.0 Å². The van der Waals surface area contributed by atoms with Crippen LogP contribution < -0.4 is 19.1 Å². The Balaban J connectivity index is 1.70. The molecule has 0 aliphatic heterocycles. The fourth-order valence-corrected chi connectivity index (χ4v) is 6.74. The molecule has 4 aromatic carbocycles. The molecule has 44 heavy (non-hydrogen) atoms. The molecule has 0 spiro atoms. The molecular weight excluding hydrogens is 597 g/mol. The third-order valence-corrected chi connectivity index (χ3v) is 9.47. The molecule has 0 saturated heterocycles. The number of hydrogen-bond donors (Lipinski definition) is 1. The van der Waals surface area contributed by atoms with Crippen LogP contribution in [0.4, 0.5) is 11.4 Å². The Labute approximate surface area is 264 Å². The van der Waals surface area contributed by atoms with Crippen molar-refractivity contribution in [2.24, 2.45) is 0 Å². The van der Waals surface area contributed by atoms with Crippen LogP contribution in [0.2, 0.25) is 0 Å². The van der Waals surface area contributed by atoms with Crippen LogP contribution in [0.3, 0.4) is 0 Å². The van der Waals surface area contributed by atoms with Crippen LogP contribution >= 0.6 is 11.8 Å². The topological polar surface area (TPSA) is 94.2 Å². The first-order chi connectivity index (χ1) is 20.8. The molecule has 0 heterocycles. The monoisotopic (exact) mass is 636 g/mol. The third kappa shape index (κ3) is 8.18. The highest BCUT2D eigenvalue weighted by molar-refractivity contribution is 7.99. The average molecular weight is 637 g/mol. The maximum absolute atomic E-state index is 13.7. The molecule has 0 radical (unpaired) electrons. The average Bonchev–Trinajstić information content (AvgIpc) is 2.96. The molecule has 0 amide bonds. The number of rotatable bonds is 12. The number of anilines is 2. The molecule has 4 rings (SSSR count). The van der Waals surface area contributed by atoms with Gasteiger partial charge in [0.1, 0.15) is 5.75 Å². The second-order valence-electron chi connectivity index (χ2n) is 11.4. The van der Waals surface area contributed by atoms with Crippen molar-refractivity contribution in [2.75, 3.05) is 37.4 Å². The summed E-state index contributed by atoms with van der Waals surface area (Å²) >= 11 is 1.71. The van der Waals surface area contributed by atoms with Gasteiger partial charge in [-0.25, -0.2) is 8.42 Å². The molecule has 10 heteroatoms. The number of ether oxygens (including phenoxy) is 3. The van der Waals surface area contributed by atoms with E-state index in [-0.39, 0.29) is 22.0 Å². The number of nitrogens with one attached hydrogen (secondary N) is 1. The van der Waals surface area contributed by atoms with Crippen molar-refractivity contribution in [2.45, 2.75) is 49.5 Å². The summed E-state index contributed by atoms with van der Waals surface area (Å²) in [5.41, 5.74) is 2.88. The number of carbonyl (C=O) groups excluding carboxylic acids is 1. The number of sulfonamides is 1. The number of esters is 1. The Hall–Kier alpha value is -3.89. The van der Waals surface area contributed by atoms with E-state index in [0.717, 1.165) is 22.2 Å². The number of thioether (sulfide) groups is 1. The number of carbonyl (C=O) groups is 1. The molecule has 0 unspecified atom stereocenters. The Morgan fingerprint density at radius 2 is 1.61 bits per heavy atom. The molecule has 0 aliphatic carbocycles.